The van der Waals surface area contributed by atoms with Crippen LogP contribution in [0.3, 0.4) is 0 Å². The quantitative estimate of drug-likeness (QED) is 0.907. The van der Waals surface area contributed by atoms with E-state index >= 15 is 0 Å². The van der Waals surface area contributed by atoms with E-state index in [2.05, 4.69) is 9.88 Å². The lowest BCUT2D eigenvalue weighted by molar-refractivity contribution is 0.297. The number of rotatable bonds is 3. The number of nitrogens with zero attached hydrogens (tertiary/aromatic N) is 1. The van der Waals surface area contributed by atoms with Crippen LogP contribution in [0.25, 0.3) is 0 Å². The second-order valence-corrected chi connectivity index (χ2v) is 7.11. The SMILES string of the molecule is Cc1noc(C)c1S(=O)(=O)Nc1cc2c(cc1Cl)OCCCO2. The van der Waals surface area contributed by atoms with E-state index in [1.807, 2.05) is 0 Å². The maximum atomic E-state index is 12.6. The molecule has 1 N–H and O–H groups in total. The van der Waals surface area contributed by atoms with Gasteiger partial charge in [-0.2, -0.15) is 0 Å². The molecular weight excluding hydrogens is 344 g/mol. The minimum atomic E-state index is -3.88. The lowest BCUT2D eigenvalue weighted by atomic mass is 10.3. The Kier molecular flexibility index (Phi) is 4.11. The Labute approximate surface area is 138 Å². The summed E-state index contributed by atoms with van der Waals surface area (Å²) in [6, 6.07) is 3.05. The topological polar surface area (TPSA) is 90.7 Å². The number of halogens is 1. The number of hydrogen-bond donors (Lipinski definition) is 1. The summed E-state index contributed by atoms with van der Waals surface area (Å²) in [6.45, 7) is 4.10. The van der Waals surface area contributed by atoms with Gasteiger partial charge in [-0.3, -0.25) is 4.72 Å². The molecule has 2 heterocycles. The first-order chi connectivity index (χ1) is 10.9. The number of fused-ring (bicyclic) bond motifs is 1. The molecule has 2 aromatic rings. The Bertz CT molecular complexity index is 828. The Hall–Kier alpha value is -1.93. The highest BCUT2D eigenvalue weighted by molar-refractivity contribution is 7.92. The highest BCUT2D eigenvalue weighted by Crippen LogP contribution is 2.38. The van der Waals surface area contributed by atoms with Crippen LogP contribution >= 0.6 is 11.6 Å². The van der Waals surface area contributed by atoms with Crippen molar-refractivity contribution in [3.8, 4) is 11.5 Å². The van der Waals surface area contributed by atoms with Crippen LogP contribution in [0.15, 0.2) is 21.6 Å². The van der Waals surface area contributed by atoms with Crippen molar-refractivity contribution in [2.75, 3.05) is 17.9 Å². The van der Waals surface area contributed by atoms with Gasteiger partial charge >= 0.3 is 0 Å². The minimum absolute atomic E-state index is 0.000628. The first kappa shape index (κ1) is 15.9. The molecule has 0 fully saturated rings. The molecule has 0 saturated heterocycles. The van der Waals surface area contributed by atoms with Crippen LogP contribution in [0, 0.1) is 13.8 Å². The van der Waals surface area contributed by atoms with E-state index in [9.17, 15) is 8.42 Å². The van der Waals surface area contributed by atoms with Gasteiger partial charge in [0.2, 0.25) is 0 Å². The summed E-state index contributed by atoms with van der Waals surface area (Å²) in [7, 11) is -3.88. The molecule has 0 radical (unpaired) electrons. The Balaban J connectivity index is 1.98. The number of benzene rings is 1. The molecular formula is C14H15ClN2O5S. The minimum Gasteiger partial charge on any atom is -0.490 e. The van der Waals surface area contributed by atoms with Gasteiger partial charge in [0.25, 0.3) is 10.0 Å². The molecule has 0 amide bonds. The molecule has 9 heteroatoms. The fourth-order valence-corrected chi connectivity index (χ4v) is 3.98. The van der Waals surface area contributed by atoms with Crippen LogP contribution in [0.5, 0.6) is 11.5 Å². The predicted octanol–water partition coefficient (Wildman–Crippen LogP) is 2.91. The summed E-state index contributed by atoms with van der Waals surface area (Å²) >= 11 is 6.16. The molecule has 1 aromatic heterocycles. The summed E-state index contributed by atoms with van der Waals surface area (Å²) in [4.78, 5) is 0.000628. The second-order valence-electron chi connectivity index (χ2n) is 5.09. The Morgan fingerprint density at radius 2 is 1.83 bits per heavy atom. The number of sulfonamides is 1. The number of ether oxygens (including phenoxy) is 2. The maximum absolute atomic E-state index is 12.6. The van der Waals surface area contributed by atoms with Crippen LogP contribution < -0.4 is 14.2 Å². The van der Waals surface area contributed by atoms with Crippen LogP contribution in [0.2, 0.25) is 5.02 Å². The average molecular weight is 359 g/mol. The fourth-order valence-electron chi connectivity index (χ4n) is 2.32. The van der Waals surface area contributed by atoms with Crippen LogP contribution in [-0.2, 0) is 10.0 Å². The average Bonchev–Trinajstić information content (AvgIpc) is 2.69. The summed E-state index contributed by atoms with van der Waals surface area (Å²) in [5.41, 5.74) is 0.483. The number of aryl methyl sites for hydroxylation is 2. The smallest absolute Gasteiger partial charge is 0.267 e. The van der Waals surface area contributed by atoms with Crippen LogP contribution in [0.4, 0.5) is 5.69 Å². The van der Waals surface area contributed by atoms with Gasteiger partial charge in [-0.05, 0) is 13.8 Å². The lowest BCUT2D eigenvalue weighted by Crippen LogP contribution is -2.15. The van der Waals surface area contributed by atoms with Crippen LogP contribution in [0.1, 0.15) is 17.9 Å². The normalized spacial score (nSPS) is 14.4. The van der Waals surface area contributed by atoms with Gasteiger partial charge in [-0.15, -0.1) is 0 Å². The molecule has 23 heavy (non-hydrogen) atoms. The standard InChI is InChI=1S/C14H15ClN2O5S/c1-8-14(9(2)22-16-8)23(18,19)17-11-7-13-12(6-10(11)15)20-4-3-5-21-13/h6-7,17H,3-5H2,1-2H3. The predicted molar refractivity (Wildman–Crippen MR) is 83.8 cm³/mol. The third-order valence-corrected chi connectivity index (χ3v) is 5.24. The van der Waals surface area contributed by atoms with Crippen molar-refractivity contribution < 1.29 is 22.4 Å². The molecule has 0 unspecified atom stereocenters. The Morgan fingerprint density at radius 3 is 2.43 bits per heavy atom. The largest absolute Gasteiger partial charge is 0.490 e. The van der Waals surface area contributed by atoms with E-state index in [0.29, 0.717) is 24.7 Å². The van der Waals surface area contributed by atoms with Gasteiger partial charge in [0.05, 0.1) is 23.9 Å². The van der Waals surface area contributed by atoms with Crippen molar-refractivity contribution in [1.29, 1.82) is 0 Å². The van der Waals surface area contributed by atoms with Crippen molar-refractivity contribution in [3.05, 3.63) is 28.6 Å². The molecule has 0 atom stereocenters. The molecule has 7 nitrogen and oxygen atoms in total. The molecule has 1 aliphatic rings. The molecule has 1 aliphatic heterocycles. The van der Waals surface area contributed by atoms with E-state index in [1.165, 1.54) is 19.1 Å². The zero-order valence-corrected chi connectivity index (χ0v) is 14.1. The number of hydrogen-bond acceptors (Lipinski definition) is 6. The van der Waals surface area contributed by atoms with Crippen LogP contribution in [-0.4, -0.2) is 26.8 Å². The van der Waals surface area contributed by atoms with Gasteiger partial charge in [0, 0.05) is 18.6 Å². The number of aromatic nitrogens is 1. The maximum Gasteiger partial charge on any atom is 0.267 e. The molecule has 0 spiro atoms. The zero-order chi connectivity index (χ0) is 16.6. The van der Waals surface area contributed by atoms with Gasteiger partial charge < -0.3 is 14.0 Å². The second kappa shape index (κ2) is 5.93. The Morgan fingerprint density at radius 1 is 1.17 bits per heavy atom. The highest BCUT2D eigenvalue weighted by Gasteiger charge is 2.26. The summed E-state index contributed by atoms with van der Waals surface area (Å²) in [5, 5.41) is 3.87. The van der Waals surface area contributed by atoms with Crippen molar-refractivity contribution in [2.24, 2.45) is 0 Å². The van der Waals surface area contributed by atoms with E-state index in [1.54, 1.807) is 6.92 Å². The van der Waals surface area contributed by atoms with Crippen molar-refractivity contribution in [1.82, 2.24) is 5.16 Å². The molecule has 0 saturated carbocycles. The summed E-state index contributed by atoms with van der Waals surface area (Å²) in [5.74, 6) is 1.15. The lowest BCUT2D eigenvalue weighted by Gasteiger charge is -2.13. The molecule has 124 valence electrons. The van der Waals surface area contributed by atoms with Gasteiger partial charge in [-0.25, -0.2) is 8.42 Å². The number of nitrogens with one attached hydrogen (secondary N) is 1. The molecule has 0 bridgehead atoms. The van der Waals surface area contributed by atoms with Crippen molar-refractivity contribution >= 4 is 27.3 Å². The highest BCUT2D eigenvalue weighted by atomic mass is 35.5. The molecule has 3 rings (SSSR count). The fraction of sp³-hybridized carbons (Fsp3) is 0.357. The summed E-state index contributed by atoms with van der Waals surface area (Å²) < 4.78 is 43.5. The van der Waals surface area contributed by atoms with Gasteiger partial charge in [0.1, 0.15) is 5.69 Å². The van der Waals surface area contributed by atoms with Gasteiger partial charge in [0.15, 0.2) is 22.2 Å². The summed E-state index contributed by atoms with van der Waals surface area (Å²) in [6.07, 6.45) is 0.742. The van der Waals surface area contributed by atoms with E-state index in [-0.39, 0.29) is 27.1 Å². The van der Waals surface area contributed by atoms with E-state index in [4.69, 9.17) is 25.6 Å². The molecule has 0 aliphatic carbocycles. The van der Waals surface area contributed by atoms with Crippen molar-refractivity contribution in [2.45, 2.75) is 25.2 Å². The van der Waals surface area contributed by atoms with E-state index < -0.39 is 10.0 Å². The van der Waals surface area contributed by atoms with Crippen molar-refractivity contribution in [3.63, 3.8) is 0 Å². The molecule has 1 aromatic carbocycles. The first-order valence-corrected chi connectivity index (χ1v) is 8.79. The zero-order valence-electron chi connectivity index (χ0n) is 12.6. The number of anilines is 1. The first-order valence-electron chi connectivity index (χ1n) is 6.93. The van der Waals surface area contributed by atoms with Gasteiger partial charge in [-0.1, -0.05) is 16.8 Å². The third kappa shape index (κ3) is 3.09. The van der Waals surface area contributed by atoms with E-state index in [0.717, 1.165) is 6.42 Å². The third-order valence-electron chi connectivity index (χ3n) is 3.32. The monoisotopic (exact) mass is 358 g/mol.